The highest BCUT2D eigenvalue weighted by molar-refractivity contribution is 6.42. The molecule has 0 bridgehead atoms. The first-order valence-electron chi connectivity index (χ1n) is 6.38. The Hall–Kier alpha value is -0.930. The smallest absolute Gasteiger partial charge is 0.306 e. The number of halogens is 2. The highest BCUT2D eigenvalue weighted by Crippen LogP contribution is 2.32. The lowest BCUT2D eigenvalue weighted by Gasteiger charge is -2.28. The molecule has 2 atom stereocenters. The molecule has 0 radical (unpaired) electrons. The van der Waals surface area contributed by atoms with Crippen LogP contribution in [0, 0.1) is 11.8 Å². The molecule has 0 amide bonds. The summed E-state index contributed by atoms with van der Waals surface area (Å²) in [6, 6.07) is 5.07. The van der Waals surface area contributed by atoms with Gasteiger partial charge in [0, 0.05) is 12.0 Å². The normalized spacial score (nSPS) is 23.1. The van der Waals surface area contributed by atoms with E-state index >= 15 is 0 Å². The topological polar surface area (TPSA) is 46.5 Å². The van der Waals surface area contributed by atoms with Gasteiger partial charge in [-0.1, -0.05) is 36.0 Å². The molecule has 0 unspecified atom stereocenters. The standard InChI is InChI=1S/C14H16Cl2O3/c15-12-6-5-10(7-13(12)16)19-8-9-3-1-2-4-11(9)14(17)18/h5-7,9,11H,1-4,8H2,(H,17,18)/t9-,11-/m1/s1. The molecule has 1 fully saturated rings. The van der Waals surface area contributed by atoms with E-state index in [2.05, 4.69) is 0 Å². The predicted molar refractivity (Wildman–Crippen MR) is 75.0 cm³/mol. The lowest BCUT2D eigenvalue weighted by atomic mass is 9.80. The zero-order chi connectivity index (χ0) is 13.8. The van der Waals surface area contributed by atoms with Crippen LogP contribution in [0.2, 0.25) is 10.0 Å². The summed E-state index contributed by atoms with van der Waals surface area (Å²) in [6.07, 6.45) is 3.70. The second-order valence-electron chi connectivity index (χ2n) is 4.88. The van der Waals surface area contributed by atoms with Gasteiger partial charge in [0.1, 0.15) is 5.75 Å². The van der Waals surface area contributed by atoms with E-state index in [1.165, 1.54) is 0 Å². The van der Waals surface area contributed by atoms with Crippen molar-refractivity contribution < 1.29 is 14.6 Å². The number of hydrogen-bond acceptors (Lipinski definition) is 2. The van der Waals surface area contributed by atoms with Gasteiger partial charge < -0.3 is 9.84 Å². The molecule has 1 aliphatic rings. The Kier molecular flexibility index (Phi) is 4.94. The minimum atomic E-state index is -0.720. The molecule has 2 rings (SSSR count). The highest BCUT2D eigenvalue weighted by Gasteiger charge is 2.31. The summed E-state index contributed by atoms with van der Waals surface area (Å²) in [4.78, 5) is 11.2. The molecular weight excluding hydrogens is 287 g/mol. The molecule has 1 aromatic rings. The van der Waals surface area contributed by atoms with Gasteiger partial charge in [-0.25, -0.2) is 0 Å². The van der Waals surface area contributed by atoms with Crippen molar-refractivity contribution >= 4 is 29.2 Å². The molecule has 19 heavy (non-hydrogen) atoms. The first-order chi connectivity index (χ1) is 9.08. The molecule has 5 heteroatoms. The predicted octanol–water partition coefficient (Wildman–Crippen LogP) is 4.26. The van der Waals surface area contributed by atoms with Crippen molar-refractivity contribution in [2.24, 2.45) is 11.8 Å². The van der Waals surface area contributed by atoms with Gasteiger partial charge in [-0.15, -0.1) is 0 Å². The number of benzene rings is 1. The van der Waals surface area contributed by atoms with Crippen molar-refractivity contribution in [3.8, 4) is 5.75 Å². The summed E-state index contributed by atoms with van der Waals surface area (Å²) in [5.74, 6) is -0.316. The molecule has 1 saturated carbocycles. The van der Waals surface area contributed by atoms with Crippen LogP contribution in [0.25, 0.3) is 0 Å². The van der Waals surface area contributed by atoms with Crippen LogP contribution in [0.1, 0.15) is 25.7 Å². The van der Waals surface area contributed by atoms with Gasteiger partial charge in [-0.2, -0.15) is 0 Å². The van der Waals surface area contributed by atoms with E-state index in [-0.39, 0.29) is 11.8 Å². The van der Waals surface area contributed by atoms with Crippen molar-refractivity contribution in [2.45, 2.75) is 25.7 Å². The third-order valence-electron chi connectivity index (χ3n) is 3.58. The Morgan fingerprint density at radius 1 is 1.26 bits per heavy atom. The number of carboxylic acid groups (broad SMARTS) is 1. The first kappa shape index (κ1) is 14.5. The average molecular weight is 303 g/mol. The Bertz CT molecular complexity index is 462. The second-order valence-corrected chi connectivity index (χ2v) is 5.69. The molecule has 0 heterocycles. The van der Waals surface area contributed by atoms with Crippen LogP contribution in [0.3, 0.4) is 0 Å². The van der Waals surface area contributed by atoms with E-state index < -0.39 is 5.97 Å². The highest BCUT2D eigenvalue weighted by atomic mass is 35.5. The van der Waals surface area contributed by atoms with Gasteiger partial charge in [-0.05, 0) is 25.0 Å². The number of hydrogen-bond donors (Lipinski definition) is 1. The maximum Gasteiger partial charge on any atom is 0.306 e. The zero-order valence-corrected chi connectivity index (χ0v) is 12.0. The summed E-state index contributed by atoms with van der Waals surface area (Å²) >= 11 is 11.7. The van der Waals surface area contributed by atoms with Crippen LogP contribution in [0.4, 0.5) is 0 Å². The van der Waals surface area contributed by atoms with Gasteiger partial charge >= 0.3 is 5.97 Å². The number of ether oxygens (including phenoxy) is 1. The molecule has 1 aromatic carbocycles. The van der Waals surface area contributed by atoms with Crippen LogP contribution in [-0.2, 0) is 4.79 Å². The molecule has 1 N–H and O–H groups in total. The SMILES string of the molecule is O=C(O)[C@@H]1CCCC[C@@H]1COc1ccc(Cl)c(Cl)c1. The lowest BCUT2D eigenvalue weighted by Crippen LogP contribution is -2.31. The van der Waals surface area contributed by atoms with Crippen molar-refractivity contribution in [1.82, 2.24) is 0 Å². The van der Waals surface area contributed by atoms with E-state index in [0.29, 0.717) is 22.4 Å². The lowest BCUT2D eigenvalue weighted by molar-refractivity contribution is -0.145. The molecule has 0 aliphatic heterocycles. The van der Waals surface area contributed by atoms with E-state index in [4.69, 9.17) is 27.9 Å². The van der Waals surface area contributed by atoms with Gasteiger partial charge in [0.25, 0.3) is 0 Å². The fraction of sp³-hybridized carbons (Fsp3) is 0.500. The number of carboxylic acids is 1. The average Bonchev–Trinajstić information content (AvgIpc) is 2.40. The minimum absolute atomic E-state index is 0.0701. The molecule has 104 valence electrons. The van der Waals surface area contributed by atoms with E-state index in [1.807, 2.05) is 0 Å². The third-order valence-corrected chi connectivity index (χ3v) is 4.32. The van der Waals surface area contributed by atoms with Crippen molar-refractivity contribution in [1.29, 1.82) is 0 Å². The monoisotopic (exact) mass is 302 g/mol. The zero-order valence-electron chi connectivity index (χ0n) is 10.4. The van der Waals surface area contributed by atoms with Crippen LogP contribution in [-0.4, -0.2) is 17.7 Å². The summed E-state index contributed by atoms with van der Waals surface area (Å²) < 4.78 is 5.66. The van der Waals surface area contributed by atoms with Crippen LogP contribution >= 0.6 is 23.2 Å². The molecule has 1 aliphatic carbocycles. The fourth-order valence-electron chi connectivity index (χ4n) is 2.50. The maximum absolute atomic E-state index is 11.2. The minimum Gasteiger partial charge on any atom is -0.493 e. The number of aliphatic carboxylic acids is 1. The maximum atomic E-state index is 11.2. The molecule has 0 aromatic heterocycles. The van der Waals surface area contributed by atoms with Crippen LogP contribution < -0.4 is 4.74 Å². The fourth-order valence-corrected chi connectivity index (χ4v) is 2.79. The van der Waals surface area contributed by atoms with Crippen LogP contribution in [0.5, 0.6) is 5.75 Å². The molecular formula is C14H16Cl2O3. The Morgan fingerprint density at radius 3 is 2.68 bits per heavy atom. The van der Waals surface area contributed by atoms with E-state index in [9.17, 15) is 9.90 Å². The van der Waals surface area contributed by atoms with Gasteiger partial charge in [0.2, 0.25) is 0 Å². The van der Waals surface area contributed by atoms with Crippen molar-refractivity contribution in [3.63, 3.8) is 0 Å². The van der Waals surface area contributed by atoms with Gasteiger partial charge in [0.05, 0.1) is 22.6 Å². The summed E-state index contributed by atoms with van der Waals surface area (Å²) in [5.41, 5.74) is 0. The van der Waals surface area contributed by atoms with Crippen molar-refractivity contribution in [2.75, 3.05) is 6.61 Å². The molecule has 3 nitrogen and oxygen atoms in total. The van der Waals surface area contributed by atoms with Gasteiger partial charge in [-0.3, -0.25) is 4.79 Å². The quantitative estimate of drug-likeness (QED) is 0.904. The summed E-state index contributed by atoms with van der Waals surface area (Å²) in [7, 11) is 0. The first-order valence-corrected chi connectivity index (χ1v) is 7.14. The van der Waals surface area contributed by atoms with E-state index in [1.54, 1.807) is 18.2 Å². The Labute approximate surface area is 122 Å². The molecule has 0 spiro atoms. The largest absolute Gasteiger partial charge is 0.493 e. The van der Waals surface area contributed by atoms with Crippen molar-refractivity contribution in [3.05, 3.63) is 28.2 Å². The Balaban J connectivity index is 1.96. The van der Waals surface area contributed by atoms with E-state index in [0.717, 1.165) is 25.7 Å². The third kappa shape index (κ3) is 3.77. The second kappa shape index (κ2) is 6.49. The number of rotatable bonds is 4. The Morgan fingerprint density at radius 2 is 2.00 bits per heavy atom. The molecule has 0 saturated heterocycles. The van der Waals surface area contributed by atoms with Crippen LogP contribution in [0.15, 0.2) is 18.2 Å². The summed E-state index contributed by atoms with van der Waals surface area (Å²) in [5, 5.41) is 10.1. The number of carbonyl (C=O) groups is 1. The summed E-state index contributed by atoms with van der Waals surface area (Å²) in [6.45, 7) is 0.412. The van der Waals surface area contributed by atoms with Gasteiger partial charge in [0.15, 0.2) is 0 Å².